The fraction of sp³-hybridized carbons (Fsp3) is 0.500. The first-order valence-corrected chi connectivity index (χ1v) is 7.07. The van der Waals surface area contributed by atoms with E-state index in [-0.39, 0.29) is 5.82 Å². The molecule has 15 heavy (non-hydrogen) atoms. The van der Waals surface area contributed by atoms with Crippen LogP contribution in [0.1, 0.15) is 24.8 Å². The van der Waals surface area contributed by atoms with Crippen LogP contribution in [-0.2, 0) is 6.42 Å². The Bertz CT molecular complexity index is 353. The molecule has 0 spiro atoms. The summed E-state index contributed by atoms with van der Waals surface area (Å²) in [5.74, 6) is -0.174. The molecule has 0 aliphatic heterocycles. The molecule has 2 rings (SSSR count). The SMILES string of the molecule is Fc1ccc(CC2(CBr)CCC2)c(Br)c1. The maximum atomic E-state index is 12.9. The highest BCUT2D eigenvalue weighted by molar-refractivity contribution is 9.10. The third kappa shape index (κ3) is 2.44. The van der Waals surface area contributed by atoms with E-state index >= 15 is 0 Å². The molecule has 0 nitrogen and oxygen atoms in total. The first-order chi connectivity index (χ1) is 7.15. The first kappa shape index (κ1) is 11.6. The summed E-state index contributed by atoms with van der Waals surface area (Å²) < 4.78 is 13.8. The third-order valence-electron chi connectivity index (χ3n) is 3.28. The molecule has 0 atom stereocenters. The lowest BCUT2D eigenvalue weighted by atomic mass is 9.67. The number of hydrogen-bond acceptors (Lipinski definition) is 0. The van der Waals surface area contributed by atoms with E-state index in [2.05, 4.69) is 31.9 Å². The van der Waals surface area contributed by atoms with Crippen LogP contribution in [0.3, 0.4) is 0 Å². The average molecular weight is 336 g/mol. The summed E-state index contributed by atoms with van der Waals surface area (Å²) in [5.41, 5.74) is 1.64. The quantitative estimate of drug-likeness (QED) is 0.702. The Morgan fingerprint density at radius 2 is 2.07 bits per heavy atom. The van der Waals surface area contributed by atoms with Crippen LogP contribution >= 0.6 is 31.9 Å². The van der Waals surface area contributed by atoms with Gasteiger partial charge in [-0.1, -0.05) is 44.3 Å². The summed E-state index contributed by atoms with van der Waals surface area (Å²) in [4.78, 5) is 0. The number of rotatable bonds is 3. The third-order valence-corrected chi connectivity index (χ3v) is 5.21. The molecule has 1 aromatic carbocycles. The standard InChI is InChI=1S/C12H13Br2F/c13-8-12(4-1-5-12)7-9-2-3-10(15)6-11(9)14/h2-3,6H,1,4-5,7-8H2. The molecule has 0 saturated heterocycles. The van der Waals surface area contributed by atoms with Crippen molar-refractivity contribution in [2.75, 3.05) is 5.33 Å². The highest BCUT2D eigenvalue weighted by atomic mass is 79.9. The monoisotopic (exact) mass is 334 g/mol. The van der Waals surface area contributed by atoms with E-state index in [1.807, 2.05) is 6.07 Å². The first-order valence-electron chi connectivity index (χ1n) is 5.15. The maximum absolute atomic E-state index is 12.9. The predicted molar refractivity (Wildman–Crippen MR) is 67.9 cm³/mol. The van der Waals surface area contributed by atoms with Gasteiger partial charge in [0, 0.05) is 9.80 Å². The molecular formula is C12H13Br2F. The van der Waals surface area contributed by atoms with Gasteiger partial charge in [0.15, 0.2) is 0 Å². The van der Waals surface area contributed by atoms with Gasteiger partial charge in [0.1, 0.15) is 5.82 Å². The molecule has 0 bridgehead atoms. The summed E-state index contributed by atoms with van der Waals surface area (Å²) in [7, 11) is 0. The van der Waals surface area contributed by atoms with Gasteiger partial charge in [-0.2, -0.15) is 0 Å². The second kappa shape index (κ2) is 4.54. The minimum atomic E-state index is -0.174. The number of hydrogen-bond donors (Lipinski definition) is 0. The van der Waals surface area contributed by atoms with Gasteiger partial charge in [-0.25, -0.2) is 4.39 Å². The van der Waals surface area contributed by atoms with E-state index in [0.29, 0.717) is 5.41 Å². The summed E-state index contributed by atoms with van der Waals surface area (Å²) in [6.45, 7) is 0. The molecule has 1 aliphatic rings. The zero-order chi connectivity index (χ0) is 10.9. The van der Waals surface area contributed by atoms with Crippen molar-refractivity contribution in [2.24, 2.45) is 5.41 Å². The Kier molecular flexibility index (Phi) is 3.51. The Morgan fingerprint density at radius 3 is 2.53 bits per heavy atom. The minimum Gasteiger partial charge on any atom is -0.207 e. The highest BCUT2D eigenvalue weighted by Crippen LogP contribution is 2.45. The highest BCUT2D eigenvalue weighted by Gasteiger charge is 2.36. The van der Waals surface area contributed by atoms with Crippen molar-refractivity contribution in [3.05, 3.63) is 34.1 Å². The number of benzene rings is 1. The molecule has 0 aromatic heterocycles. The van der Waals surface area contributed by atoms with E-state index in [9.17, 15) is 4.39 Å². The van der Waals surface area contributed by atoms with Gasteiger partial charge in [0.25, 0.3) is 0 Å². The molecular weight excluding hydrogens is 323 g/mol. The lowest BCUT2D eigenvalue weighted by molar-refractivity contribution is 0.169. The van der Waals surface area contributed by atoms with Crippen LogP contribution in [-0.4, -0.2) is 5.33 Å². The molecule has 1 aliphatic carbocycles. The van der Waals surface area contributed by atoms with Crippen LogP contribution in [0.25, 0.3) is 0 Å². The summed E-state index contributed by atoms with van der Waals surface area (Å²) >= 11 is 7.02. The molecule has 1 fully saturated rings. The molecule has 0 N–H and O–H groups in total. The van der Waals surface area contributed by atoms with Gasteiger partial charge in [-0.15, -0.1) is 0 Å². The lowest BCUT2D eigenvalue weighted by Crippen LogP contribution is -2.33. The molecule has 0 amide bonds. The summed E-state index contributed by atoms with van der Waals surface area (Å²) in [6, 6.07) is 4.98. The fourth-order valence-electron chi connectivity index (χ4n) is 2.10. The van der Waals surface area contributed by atoms with E-state index in [4.69, 9.17) is 0 Å². The lowest BCUT2D eigenvalue weighted by Gasteiger charge is -2.41. The van der Waals surface area contributed by atoms with Crippen LogP contribution < -0.4 is 0 Å². The molecule has 0 radical (unpaired) electrons. The van der Waals surface area contributed by atoms with Gasteiger partial charge in [-0.05, 0) is 42.4 Å². The largest absolute Gasteiger partial charge is 0.207 e. The second-order valence-corrected chi connectivity index (χ2v) is 5.81. The Balaban J connectivity index is 2.16. The van der Waals surface area contributed by atoms with E-state index in [1.54, 1.807) is 12.1 Å². The molecule has 0 heterocycles. The summed E-state index contributed by atoms with van der Waals surface area (Å²) in [5, 5.41) is 1.05. The van der Waals surface area contributed by atoms with Crippen molar-refractivity contribution >= 4 is 31.9 Å². The van der Waals surface area contributed by atoms with Gasteiger partial charge in [0.05, 0.1) is 0 Å². The van der Waals surface area contributed by atoms with Gasteiger partial charge < -0.3 is 0 Å². The van der Waals surface area contributed by atoms with Crippen LogP contribution in [0.15, 0.2) is 22.7 Å². The fourth-order valence-corrected chi connectivity index (χ4v) is 3.35. The van der Waals surface area contributed by atoms with Crippen molar-refractivity contribution in [2.45, 2.75) is 25.7 Å². The van der Waals surface area contributed by atoms with Crippen molar-refractivity contribution in [3.8, 4) is 0 Å². The van der Waals surface area contributed by atoms with Crippen LogP contribution in [0, 0.1) is 11.2 Å². The molecule has 0 unspecified atom stereocenters. The second-order valence-electron chi connectivity index (χ2n) is 4.40. The smallest absolute Gasteiger partial charge is 0.124 e. The van der Waals surface area contributed by atoms with Gasteiger partial charge in [-0.3, -0.25) is 0 Å². The topological polar surface area (TPSA) is 0 Å². The van der Waals surface area contributed by atoms with Crippen LogP contribution in [0.4, 0.5) is 4.39 Å². The van der Waals surface area contributed by atoms with Crippen molar-refractivity contribution in [3.63, 3.8) is 0 Å². The molecule has 82 valence electrons. The van der Waals surface area contributed by atoms with Crippen molar-refractivity contribution in [1.29, 1.82) is 0 Å². The van der Waals surface area contributed by atoms with Crippen LogP contribution in [0.2, 0.25) is 0 Å². The van der Waals surface area contributed by atoms with E-state index in [1.165, 1.54) is 24.8 Å². The Labute approximate surface area is 107 Å². The average Bonchev–Trinajstić information content (AvgIpc) is 2.14. The predicted octanol–water partition coefficient (Wildman–Crippen LogP) is 4.70. The van der Waals surface area contributed by atoms with Crippen LogP contribution in [0.5, 0.6) is 0 Å². The zero-order valence-corrected chi connectivity index (χ0v) is 11.6. The van der Waals surface area contributed by atoms with Gasteiger partial charge in [0.2, 0.25) is 0 Å². The maximum Gasteiger partial charge on any atom is 0.124 e. The van der Waals surface area contributed by atoms with Gasteiger partial charge >= 0.3 is 0 Å². The van der Waals surface area contributed by atoms with Crippen molar-refractivity contribution in [1.82, 2.24) is 0 Å². The number of halogens is 3. The Hall–Kier alpha value is 0.110. The Morgan fingerprint density at radius 1 is 1.33 bits per heavy atom. The minimum absolute atomic E-state index is 0.174. The number of alkyl halides is 1. The molecule has 1 aromatic rings. The normalized spacial score (nSPS) is 18.6. The summed E-state index contributed by atoms with van der Waals surface area (Å²) in [6.07, 6.45) is 4.92. The molecule has 3 heteroatoms. The zero-order valence-electron chi connectivity index (χ0n) is 8.40. The van der Waals surface area contributed by atoms with E-state index < -0.39 is 0 Å². The van der Waals surface area contributed by atoms with Crippen molar-refractivity contribution < 1.29 is 4.39 Å². The van der Waals surface area contributed by atoms with E-state index in [0.717, 1.165) is 16.2 Å². The molecule has 1 saturated carbocycles.